The van der Waals surface area contributed by atoms with E-state index in [0.717, 1.165) is 16.7 Å². The third-order valence-corrected chi connectivity index (χ3v) is 5.71. The van der Waals surface area contributed by atoms with Crippen molar-refractivity contribution in [3.63, 3.8) is 0 Å². The molecule has 0 radical (unpaired) electrons. The topological polar surface area (TPSA) is 0 Å². The van der Waals surface area contributed by atoms with Gasteiger partial charge in [0.1, 0.15) is 0 Å². The molecule has 0 N–H and O–H groups in total. The van der Waals surface area contributed by atoms with Gasteiger partial charge in [0.25, 0.3) is 0 Å². The number of hydrogen-bond acceptors (Lipinski definition) is 0. The van der Waals surface area contributed by atoms with Crippen molar-refractivity contribution >= 4 is 0 Å². The maximum Gasteiger partial charge on any atom is -0.0204 e. The lowest BCUT2D eigenvalue weighted by atomic mass is 9.99. The first-order valence-electron chi connectivity index (χ1n) is 6.75. The van der Waals surface area contributed by atoms with E-state index in [0.29, 0.717) is 0 Å². The van der Waals surface area contributed by atoms with Gasteiger partial charge in [-0.2, -0.15) is 0 Å². The molecule has 3 rings (SSSR count). The number of rotatable bonds is 5. The normalized spacial score (nSPS) is 36.0. The summed E-state index contributed by atoms with van der Waals surface area (Å²) in [5.74, 6) is 2.16. The van der Waals surface area contributed by atoms with E-state index in [1.165, 1.54) is 25.2 Å². The first kappa shape index (κ1) is 9.24. The standard InChI is InChI=1S/C14H24/c1-3-11(2)5-4-6-12-13(7-8-13)14(12)9-10-14/h11-12H,3-10H2,1-2H3. The Morgan fingerprint density at radius 3 is 2.14 bits per heavy atom. The van der Waals surface area contributed by atoms with Crippen molar-refractivity contribution in [2.75, 3.05) is 0 Å². The molecule has 0 aromatic carbocycles. The van der Waals surface area contributed by atoms with Crippen LogP contribution in [0.5, 0.6) is 0 Å². The van der Waals surface area contributed by atoms with Gasteiger partial charge in [0.2, 0.25) is 0 Å². The molecule has 0 aromatic heterocycles. The Morgan fingerprint density at radius 2 is 1.71 bits per heavy atom. The van der Waals surface area contributed by atoms with Crippen molar-refractivity contribution in [1.82, 2.24) is 0 Å². The van der Waals surface area contributed by atoms with Gasteiger partial charge >= 0.3 is 0 Å². The Labute approximate surface area is 88.5 Å². The molecule has 0 amide bonds. The molecule has 0 heteroatoms. The molecular weight excluding hydrogens is 168 g/mol. The average Bonchev–Trinajstić information content (AvgIpc) is 3.04. The molecule has 3 aliphatic carbocycles. The zero-order valence-electron chi connectivity index (χ0n) is 9.81. The van der Waals surface area contributed by atoms with Gasteiger partial charge in [0.15, 0.2) is 0 Å². The fourth-order valence-corrected chi connectivity index (χ4v) is 4.23. The molecule has 0 saturated heterocycles. The molecule has 1 unspecified atom stereocenters. The molecule has 80 valence electrons. The summed E-state index contributed by atoms with van der Waals surface area (Å²) in [5, 5.41) is 0. The van der Waals surface area contributed by atoms with E-state index < -0.39 is 0 Å². The fraction of sp³-hybridized carbons (Fsp3) is 1.00. The molecule has 3 aliphatic rings. The van der Waals surface area contributed by atoms with Crippen LogP contribution in [-0.2, 0) is 0 Å². The van der Waals surface area contributed by atoms with Gasteiger partial charge < -0.3 is 0 Å². The van der Waals surface area contributed by atoms with Gasteiger partial charge in [0, 0.05) is 0 Å². The SMILES string of the molecule is CCC(C)CCCC1C2(CC2)C12CC2. The second kappa shape index (κ2) is 2.77. The van der Waals surface area contributed by atoms with Gasteiger partial charge in [-0.05, 0) is 54.8 Å². The Hall–Kier alpha value is 0. The maximum absolute atomic E-state index is 2.41. The van der Waals surface area contributed by atoms with Gasteiger partial charge in [-0.3, -0.25) is 0 Å². The van der Waals surface area contributed by atoms with E-state index in [9.17, 15) is 0 Å². The molecule has 3 fully saturated rings. The van der Waals surface area contributed by atoms with Crippen molar-refractivity contribution in [3.8, 4) is 0 Å². The van der Waals surface area contributed by atoms with Gasteiger partial charge in [-0.15, -0.1) is 0 Å². The van der Waals surface area contributed by atoms with Crippen LogP contribution < -0.4 is 0 Å². The number of fused-ring (bicyclic) bond motifs is 1. The Kier molecular flexibility index (Phi) is 1.83. The van der Waals surface area contributed by atoms with Crippen LogP contribution in [0, 0.1) is 22.7 Å². The lowest BCUT2D eigenvalue weighted by Crippen LogP contribution is -1.93. The van der Waals surface area contributed by atoms with Crippen LogP contribution in [0.15, 0.2) is 0 Å². The largest absolute Gasteiger partial charge is 0.0651 e. The maximum atomic E-state index is 2.41. The van der Waals surface area contributed by atoms with Crippen molar-refractivity contribution in [3.05, 3.63) is 0 Å². The molecule has 0 bridgehead atoms. The minimum absolute atomic E-state index is 0.961. The van der Waals surface area contributed by atoms with Gasteiger partial charge in [-0.1, -0.05) is 33.1 Å². The van der Waals surface area contributed by atoms with Crippen molar-refractivity contribution in [2.45, 2.75) is 65.2 Å². The first-order valence-corrected chi connectivity index (χ1v) is 6.75. The summed E-state index contributed by atoms with van der Waals surface area (Å²) < 4.78 is 0. The van der Waals surface area contributed by atoms with Crippen LogP contribution in [0.25, 0.3) is 0 Å². The molecule has 0 nitrogen and oxygen atoms in total. The number of hydrogen-bond donors (Lipinski definition) is 0. The molecule has 14 heavy (non-hydrogen) atoms. The smallest absolute Gasteiger partial charge is 0.0204 e. The Balaban J connectivity index is 1.43. The predicted octanol–water partition coefficient (Wildman–Crippen LogP) is 4.39. The molecule has 1 atom stereocenters. The van der Waals surface area contributed by atoms with Crippen molar-refractivity contribution in [1.29, 1.82) is 0 Å². The van der Waals surface area contributed by atoms with Gasteiger partial charge in [-0.25, -0.2) is 0 Å². The minimum atomic E-state index is 0.961. The summed E-state index contributed by atoms with van der Waals surface area (Å²) in [7, 11) is 0. The van der Waals surface area contributed by atoms with Crippen molar-refractivity contribution in [2.24, 2.45) is 22.7 Å². The summed E-state index contributed by atoms with van der Waals surface area (Å²) in [6.45, 7) is 4.74. The lowest BCUT2D eigenvalue weighted by molar-refractivity contribution is 0.460. The van der Waals surface area contributed by atoms with Gasteiger partial charge in [0.05, 0.1) is 0 Å². The zero-order valence-corrected chi connectivity index (χ0v) is 9.81. The minimum Gasteiger partial charge on any atom is -0.0651 e. The van der Waals surface area contributed by atoms with Crippen LogP contribution in [0.4, 0.5) is 0 Å². The molecule has 0 aromatic rings. The predicted molar refractivity (Wildman–Crippen MR) is 60.1 cm³/mol. The monoisotopic (exact) mass is 192 g/mol. The van der Waals surface area contributed by atoms with Crippen molar-refractivity contribution < 1.29 is 0 Å². The summed E-state index contributed by atoms with van der Waals surface area (Å²) in [4.78, 5) is 0. The van der Waals surface area contributed by atoms with Crippen LogP contribution >= 0.6 is 0 Å². The molecular formula is C14H24. The molecule has 0 aliphatic heterocycles. The highest BCUT2D eigenvalue weighted by Gasteiger charge is 2.85. The second-order valence-corrected chi connectivity index (χ2v) is 6.31. The zero-order chi connectivity index (χ0) is 9.81. The fourth-order valence-electron chi connectivity index (χ4n) is 4.23. The van der Waals surface area contributed by atoms with E-state index in [-0.39, 0.29) is 0 Å². The molecule has 3 saturated carbocycles. The highest BCUT2D eigenvalue weighted by molar-refractivity contribution is 5.34. The summed E-state index contributed by atoms with van der Waals surface area (Å²) in [6.07, 6.45) is 12.3. The van der Waals surface area contributed by atoms with Crippen LogP contribution in [-0.4, -0.2) is 0 Å². The van der Waals surface area contributed by atoms with Crippen LogP contribution in [0.3, 0.4) is 0 Å². The molecule has 2 spiro atoms. The van der Waals surface area contributed by atoms with Crippen LogP contribution in [0.2, 0.25) is 0 Å². The highest BCUT2D eigenvalue weighted by atomic mass is 14.9. The lowest BCUT2D eigenvalue weighted by Gasteiger charge is -2.07. The van der Waals surface area contributed by atoms with E-state index >= 15 is 0 Å². The highest BCUT2D eigenvalue weighted by Crippen LogP contribution is 2.93. The quantitative estimate of drug-likeness (QED) is 0.606. The Bertz CT molecular complexity index is 214. The average molecular weight is 192 g/mol. The Morgan fingerprint density at radius 1 is 1.14 bits per heavy atom. The van der Waals surface area contributed by atoms with E-state index in [4.69, 9.17) is 0 Å². The summed E-state index contributed by atoms with van der Waals surface area (Å²) in [5.41, 5.74) is 1.92. The van der Waals surface area contributed by atoms with E-state index in [1.54, 1.807) is 32.1 Å². The van der Waals surface area contributed by atoms with E-state index in [2.05, 4.69) is 13.8 Å². The summed E-state index contributed by atoms with van der Waals surface area (Å²) in [6, 6.07) is 0. The van der Waals surface area contributed by atoms with Crippen LogP contribution in [0.1, 0.15) is 65.2 Å². The first-order chi connectivity index (χ1) is 6.75. The second-order valence-electron chi connectivity index (χ2n) is 6.31. The third-order valence-electron chi connectivity index (χ3n) is 5.71. The molecule has 0 heterocycles. The summed E-state index contributed by atoms with van der Waals surface area (Å²) >= 11 is 0. The third kappa shape index (κ3) is 1.06. The van der Waals surface area contributed by atoms with E-state index in [1.807, 2.05) is 0 Å².